The van der Waals surface area contributed by atoms with E-state index in [2.05, 4.69) is 14.7 Å². The van der Waals surface area contributed by atoms with Crippen LogP contribution in [0.5, 0.6) is 5.75 Å². The molecular formula is C18H12F3N3O4. The van der Waals surface area contributed by atoms with Crippen LogP contribution in [0.15, 0.2) is 47.1 Å². The number of rotatable bonds is 4. The molecule has 1 aliphatic rings. The number of hydrogen-bond donors (Lipinski definition) is 1. The number of carbonyl (C=O) groups is 1. The normalized spacial score (nSPS) is 16.0. The van der Waals surface area contributed by atoms with Crippen molar-refractivity contribution in [3.63, 3.8) is 0 Å². The van der Waals surface area contributed by atoms with Gasteiger partial charge in [0.2, 0.25) is 5.95 Å². The Morgan fingerprint density at radius 2 is 1.89 bits per heavy atom. The molecule has 144 valence electrons. The lowest BCUT2D eigenvalue weighted by atomic mass is 10.0. The summed E-state index contributed by atoms with van der Waals surface area (Å²) in [6.45, 7) is 0. The van der Waals surface area contributed by atoms with Gasteiger partial charge in [-0.1, -0.05) is 12.1 Å². The molecule has 0 saturated carbocycles. The lowest BCUT2D eigenvalue weighted by molar-refractivity contribution is -0.274. The first kappa shape index (κ1) is 17.8. The third kappa shape index (κ3) is 3.48. The minimum absolute atomic E-state index is 0.0534. The molecule has 0 aliphatic carbocycles. The highest BCUT2D eigenvalue weighted by Gasteiger charge is 2.37. The second-order valence-corrected chi connectivity index (χ2v) is 5.96. The second kappa shape index (κ2) is 6.55. The van der Waals surface area contributed by atoms with E-state index < -0.39 is 18.4 Å². The number of cyclic esters (lactones) is 1. The molecule has 3 aromatic rings. The number of benzene rings is 1. The molecule has 7 nitrogen and oxygen atoms in total. The molecule has 0 fully saturated rings. The summed E-state index contributed by atoms with van der Waals surface area (Å²) in [6, 6.07) is 8.53. The molecule has 4 rings (SSSR count). The Morgan fingerprint density at radius 3 is 2.54 bits per heavy atom. The molecule has 1 aromatic carbocycles. The molecule has 1 unspecified atom stereocenters. The summed E-state index contributed by atoms with van der Waals surface area (Å²) in [6.07, 6.45) is -3.89. The molecule has 1 atom stereocenters. The van der Waals surface area contributed by atoms with E-state index in [1.165, 1.54) is 30.5 Å². The van der Waals surface area contributed by atoms with E-state index in [4.69, 9.17) is 14.9 Å². The van der Waals surface area contributed by atoms with Crippen molar-refractivity contribution in [3.8, 4) is 17.2 Å². The first-order chi connectivity index (χ1) is 13.3. The molecule has 0 amide bonds. The highest BCUT2D eigenvalue weighted by Crippen LogP contribution is 2.37. The third-order valence-electron chi connectivity index (χ3n) is 4.05. The van der Waals surface area contributed by atoms with Crippen molar-refractivity contribution < 1.29 is 31.9 Å². The number of carbonyl (C=O) groups excluding carboxylic acids is 1. The first-order valence-electron chi connectivity index (χ1n) is 8.07. The quantitative estimate of drug-likeness (QED) is 0.677. The number of alkyl halides is 3. The monoisotopic (exact) mass is 391 g/mol. The summed E-state index contributed by atoms with van der Waals surface area (Å²) >= 11 is 0. The van der Waals surface area contributed by atoms with Crippen molar-refractivity contribution in [2.75, 3.05) is 5.73 Å². The van der Waals surface area contributed by atoms with Gasteiger partial charge in [-0.25, -0.2) is 14.8 Å². The van der Waals surface area contributed by atoms with Gasteiger partial charge in [0.25, 0.3) is 0 Å². The predicted molar refractivity (Wildman–Crippen MR) is 89.1 cm³/mol. The number of furan rings is 1. The van der Waals surface area contributed by atoms with E-state index in [0.717, 1.165) is 0 Å². The van der Waals surface area contributed by atoms with E-state index in [1.54, 1.807) is 12.1 Å². The predicted octanol–water partition coefficient (Wildman–Crippen LogP) is 3.67. The van der Waals surface area contributed by atoms with Crippen molar-refractivity contribution in [1.82, 2.24) is 9.97 Å². The summed E-state index contributed by atoms with van der Waals surface area (Å²) in [5, 5.41) is 0. The number of halogens is 3. The van der Waals surface area contributed by atoms with Crippen LogP contribution in [0.4, 0.5) is 19.1 Å². The standard InChI is InChI=1S/C18H12F3N3O4/c19-18(20,21)28-10-5-3-9(4-6-10)8-12-15-13(16(25)27-12)14(23-17(22)24-15)11-2-1-7-26-11/h1-7,12H,8H2,(H2,22,23,24). The SMILES string of the molecule is Nc1nc(-c2ccco2)c2c(n1)C(Cc1ccc(OC(F)(F)F)cc1)OC2=O. The van der Waals surface area contributed by atoms with Gasteiger partial charge >= 0.3 is 12.3 Å². The summed E-state index contributed by atoms with van der Waals surface area (Å²) in [5.41, 5.74) is 7.08. The number of hydrogen-bond acceptors (Lipinski definition) is 7. The van der Waals surface area contributed by atoms with Crippen LogP contribution >= 0.6 is 0 Å². The summed E-state index contributed by atoms with van der Waals surface area (Å²) in [4.78, 5) is 20.6. The molecule has 3 heterocycles. The highest BCUT2D eigenvalue weighted by molar-refractivity contribution is 5.99. The lowest BCUT2D eigenvalue weighted by Gasteiger charge is -2.12. The van der Waals surface area contributed by atoms with Gasteiger partial charge in [-0.3, -0.25) is 0 Å². The minimum atomic E-state index is -4.77. The minimum Gasteiger partial charge on any atom is -0.463 e. The number of anilines is 1. The Hall–Kier alpha value is -3.56. The number of nitrogens with two attached hydrogens (primary N) is 1. The fourth-order valence-electron chi connectivity index (χ4n) is 2.95. The van der Waals surface area contributed by atoms with Crippen molar-refractivity contribution in [3.05, 3.63) is 59.5 Å². The fourth-order valence-corrected chi connectivity index (χ4v) is 2.95. The van der Waals surface area contributed by atoms with Gasteiger partial charge < -0.3 is 19.6 Å². The largest absolute Gasteiger partial charge is 0.573 e. The van der Waals surface area contributed by atoms with E-state index in [1.807, 2.05) is 0 Å². The van der Waals surface area contributed by atoms with Crippen molar-refractivity contribution in [2.24, 2.45) is 0 Å². The molecule has 0 saturated heterocycles. The van der Waals surface area contributed by atoms with Gasteiger partial charge in [0.1, 0.15) is 28.8 Å². The lowest BCUT2D eigenvalue weighted by Crippen LogP contribution is -2.17. The van der Waals surface area contributed by atoms with Crippen LogP contribution in [0.3, 0.4) is 0 Å². The molecule has 28 heavy (non-hydrogen) atoms. The molecule has 0 radical (unpaired) electrons. The van der Waals surface area contributed by atoms with E-state index in [-0.39, 0.29) is 29.4 Å². The molecule has 0 spiro atoms. The van der Waals surface area contributed by atoms with Gasteiger partial charge in [-0.05, 0) is 29.8 Å². The second-order valence-electron chi connectivity index (χ2n) is 5.96. The van der Waals surface area contributed by atoms with Gasteiger partial charge in [-0.15, -0.1) is 13.2 Å². The Balaban J connectivity index is 1.62. The number of aromatic nitrogens is 2. The zero-order chi connectivity index (χ0) is 19.9. The maximum absolute atomic E-state index is 12.4. The Kier molecular flexibility index (Phi) is 4.17. The van der Waals surface area contributed by atoms with Crippen LogP contribution < -0.4 is 10.5 Å². The first-order valence-corrected chi connectivity index (χ1v) is 8.07. The topological polar surface area (TPSA) is 100 Å². The third-order valence-corrected chi connectivity index (χ3v) is 4.05. The van der Waals surface area contributed by atoms with Crippen LogP contribution in [0.1, 0.15) is 27.7 Å². The number of nitrogen functional groups attached to an aromatic ring is 1. The van der Waals surface area contributed by atoms with Gasteiger partial charge in [0.15, 0.2) is 5.76 Å². The van der Waals surface area contributed by atoms with Gasteiger partial charge in [0, 0.05) is 6.42 Å². The van der Waals surface area contributed by atoms with Crippen molar-refractivity contribution >= 4 is 11.9 Å². The average molecular weight is 391 g/mol. The molecule has 2 aromatic heterocycles. The Morgan fingerprint density at radius 1 is 1.14 bits per heavy atom. The maximum atomic E-state index is 12.4. The number of fused-ring (bicyclic) bond motifs is 1. The zero-order valence-corrected chi connectivity index (χ0v) is 14.1. The van der Waals surface area contributed by atoms with Crippen LogP contribution in [0.25, 0.3) is 11.5 Å². The molecule has 2 N–H and O–H groups in total. The highest BCUT2D eigenvalue weighted by atomic mass is 19.4. The van der Waals surface area contributed by atoms with Crippen LogP contribution in [0.2, 0.25) is 0 Å². The number of nitrogens with zero attached hydrogens (tertiary/aromatic N) is 2. The maximum Gasteiger partial charge on any atom is 0.573 e. The van der Waals surface area contributed by atoms with Crippen LogP contribution in [-0.2, 0) is 11.2 Å². The van der Waals surface area contributed by atoms with E-state index in [0.29, 0.717) is 17.0 Å². The zero-order valence-electron chi connectivity index (χ0n) is 14.1. The summed E-state index contributed by atoms with van der Waals surface area (Å²) in [5.74, 6) is -0.672. The molecule has 1 aliphatic heterocycles. The summed E-state index contributed by atoms with van der Waals surface area (Å²) in [7, 11) is 0. The van der Waals surface area contributed by atoms with E-state index >= 15 is 0 Å². The van der Waals surface area contributed by atoms with Crippen molar-refractivity contribution in [2.45, 2.75) is 18.9 Å². The van der Waals surface area contributed by atoms with Crippen molar-refractivity contribution in [1.29, 1.82) is 0 Å². The van der Waals surface area contributed by atoms with Crippen LogP contribution in [-0.4, -0.2) is 22.3 Å². The number of ether oxygens (including phenoxy) is 2. The molecule has 10 heteroatoms. The Labute approximate surface area is 155 Å². The molecule has 0 bridgehead atoms. The summed E-state index contributed by atoms with van der Waals surface area (Å²) < 4.78 is 51.3. The van der Waals surface area contributed by atoms with E-state index in [9.17, 15) is 18.0 Å². The van der Waals surface area contributed by atoms with Gasteiger partial charge in [-0.2, -0.15) is 0 Å². The molecular weight excluding hydrogens is 379 g/mol. The van der Waals surface area contributed by atoms with Crippen LogP contribution in [0, 0.1) is 0 Å². The smallest absolute Gasteiger partial charge is 0.463 e. The fraction of sp³-hybridized carbons (Fsp3) is 0.167. The number of esters is 1. The Bertz CT molecular complexity index is 1020. The van der Waals surface area contributed by atoms with Gasteiger partial charge in [0.05, 0.1) is 6.26 Å². The average Bonchev–Trinajstić information content (AvgIpc) is 3.24.